The van der Waals surface area contributed by atoms with Crippen LogP contribution in [0.3, 0.4) is 0 Å². The molecule has 6 nitrogen and oxygen atoms in total. The summed E-state index contributed by atoms with van der Waals surface area (Å²) in [6.07, 6.45) is 0. The van der Waals surface area contributed by atoms with Crippen LogP contribution in [0.1, 0.15) is 12.7 Å². The molecule has 0 aliphatic carbocycles. The molecule has 0 radical (unpaired) electrons. The first kappa shape index (κ1) is 14.7. The monoisotopic (exact) mass is 271 g/mol. The summed E-state index contributed by atoms with van der Waals surface area (Å²) in [6.45, 7) is 2.74. The smallest absolute Gasteiger partial charge is 0.275 e. The summed E-state index contributed by atoms with van der Waals surface area (Å²) in [5.74, 6) is 0.436. The van der Waals surface area contributed by atoms with Crippen LogP contribution in [0.2, 0.25) is 0 Å². The highest BCUT2D eigenvalue weighted by molar-refractivity contribution is 7.88. The van der Waals surface area contributed by atoms with Gasteiger partial charge >= 0.3 is 0 Å². The average molecular weight is 271 g/mol. The van der Waals surface area contributed by atoms with Crippen LogP contribution in [-0.4, -0.2) is 33.4 Å². The van der Waals surface area contributed by atoms with Crippen LogP contribution < -0.4 is 5.32 Å². The Morgan fingerprint density at radius 3 is 2.72 bits per heavy atom. The molecule has 0 spiro atoms. The van der Waals surface area contributed by atoms with Crippen molar-refractivity contribution in [1.29, 1.82) is 5.26 Å². The van der Waals surface area contributed by atoms with Crippen LogP contribution in [0.5, 0.6) is 0 Å². The van der Waals surface area contributed by atoms with Gasteiger partial charge in [0.15, 0.2) is 0 Å². The van der Waals surface area contributed by atoms with E-state index in [1.807, 2.05) is 0 Å². The lowest BCUT2D eigenvalue weighted by molar-refractivity contribution is 0.387. The van der Waals surface area contributed by atoms with E-state index in [1.54, 1.807) is 13.0 Å². The fourth-order valence-electron chi connectivity index (χ4n) is 1.23. The van der Waals surface area contributed by atoms with E-state index in [0.29, 0.717) is 18.8 Å². The summed E-state index contributed by atoms with van der Waals surface area (Å²) in [5.41, 5.74) is 0. The fraction of sp³-hybridized carbons (Fsp3) is 0.545. The molecule has 0 aliphatic heterocycles. The van der Waals surface area contributed by atoms with Crippen LogP contribution >= 0.6 is 0 Å². The van der Waals surface area contributed by atoms with Gasteiger partial charge in [0.2, 0.25) is 5.09 Å². The molecule has 1 unspecified atom stereocenters. The molecule has 0 saturated carbocycles. The predicted octanol–water partition coefficient (Wildman–Crippen LogP) is 0.779. The third kappa shape index (κ3) is 3.57. The molecule has 1 atom stereocenters. The normalized spacial score (nSPS) is 13.5. The Bertz CT molecular complexity index is 528. The minimum absolute atomic E-state index is 0.0716. The summed E-state index contributed by atoms with van der Waals surface area (Å²) in [4.78, 5) is 0. The van der Waals surface area contributed by atoms with Gasteiger partial charge in [-0.05, 0) is 19.1 Å². The Balaban J connectivity index is 2.63. The molecule has 1 aromatic rings. The lowest BCUT2D eigenvalue weighted by atomic mass is 10.2. The van der Waals surface area contributed by atoms with Crippen LogP contribution in [-0.2, 0) is 16.6 Å². The van der Waals surface area contributed by atoms with Crippen molar-refractivity contribution in [3.8, 4) is 6.07 Å². The van der Waals surface area contributed by atoms with E-state index in [1.165, 1.54) is 20.2 Å². The number of sulfonamides is 1. The molecule has 1 aromatic heterocycles. The highest BCUT2D eigenvalue weighted by Gasteiger charge is 2.21. The highest BCUT2D eigenvalue weighted by atomic mass is 32.2. The Kier molecular flexibility index (Phi) is 4.90. The minimum Gasteiger partial charge on any atom is -0.447 e. The van der Waals surface area contributed by atoms with Crippen LogP contribution in [0.25, 0.3) is 0 Å². The van der Waals surface area contributed by atoms with E-state index in [-0.39, 0.29) is 11.0 Å². The zero-order valence-electron chi connectivity index (χ0n) is 10.7. The van der Waals surface area contributed by atoms with E-state index < -0.39 is 10.0 Å². The van der Waals surface area contributed by atoms with Gasteiger partial charge in [0, 0.05) is 20.6 Å². The van der Waals surface area contributed by atoms with Crippen molar-refractivity contribution in [1.82, 2.24) is 9.62 Å². The van der Waals surface area contributed by atoms with Gasteiger partial charge in [-0.1, -0.05) is 0 Å². The molecule has 100 valence electrons. The van der Waals surface area contributed by atoms with E-state index >= 15 is 0 Å². The van der Waals surface area contributed by atoms with Gasteiger partial charge in [0.1, 0.15) is 5.76 Å². The van der Waals surface area contributed by atoms with Crippen molar-refractivity contribution in [3.63, 3.8) is 0 Å². The Labute approximate surface area is 107 Å². The molecule has 0 aliphatic rings. The topological polar surface area (TPSA) is 86.3 Å². The third-order valence-electron chi connectivity index (χ3n) is 2.34. The van der Waals surface area contributed by atoms with Crippen molar-refractivity contribution < 1.29 is 12.8 Å². The summed E-state index contributed by atoms with van der Waals surface area (Å²) >= 11 is 0. The molecule has 0 aromatic carbocycles. The Morgan fingerprint density at radius 1 is 1.50 bits per heavy atom. The van der Waals surface area contributed by atoms with Gasteiger partial charge in [-0.25, -0.2) is 12.7 Å². The first-order valence-corrected chi connectivity index (χ1v) is 6.93. The molecule has 0 fully saturated rings. The largest absolute Gasteiger partial charge is 0.447 e. The standard InChI is InChI=1S/C11H17N3O3S/c1-9(6-12)7-13-8-10-4-5-11(17-10)18(15,16)14(2)3/h4-5,9,13H,7-8H2,1-3H3. The summed E-state index contributed by atoms with van der Waals surface area (Å²) < 4.78 is 29.8. The van der Waals surface area contributed by atoms with Crippen LogP contribution in [0.15, 0.2) is 21.6 Å². The molecule has 7 heteroatoms. The SMILES string of the molecule is CC(C#N)CNCc1ccc(S(=O)(=O)N(C)C)o1. The lowest BCUT2D eigenvalue weighted by Gasteiger charge is -2.08. The minimum atomic E-state index is -3.52. The maximum absolute atomic E-state index is 11.7. The second-order valence-electron chi connectivity index (χ2n) is 4.17. The number of rotatable bonds is 6. The number of nitrogens with zero attached hydrogens (tertiary/aromatic N) is 2. The highest BCUT2D eigenvalue weighted by Crippen LogP contribution is 2.16. The number of hydrogen-bond donors (Lipinski definition) is 1. The zero-order valence-corrected chi connectivity index (χ0v) is 11.5. The first-order valence-electron chi connectivity index (χ1n) is 5.49. The van der Waals surface area contributed by atoms with E-state index in [0.717, 1.165) is 4.31 Å². The Hall–Kier alpha value is -1.36. The van der Waals surface area contributed by atoms with Crippen molar-refractivity contribution in [3.05, 3.63) is 17.9 Å². The molecule has 18 heavy (non-hydrogen) atoms. The fourth-order valence-corrected chi connectivity index (χ4v) is 2.04. The first-order chi connectivity index (χ1) is 8.37. The van der Waals surface area contributed by atoms with Crippen LogP contribution in [0, 0.1) is 17.2 Å². The molecular formula is C11H17N3O3S. The summed E-state index contributed by atoms with van der Waals surface area (Å²) in [7, 11) is -0.618. The van der Waals surface area contributed by atoms with Gasteiger partial charge in [-0.2, -0.15) is 5.26 Å². The second kappa shape index (κ2) is 6.00. The van der Waals surface area contributed by atoms with Gasteiger partial charge in [0.05, 0.1) is 18.5 Å². The van der Waals surface area contributed by atoms with Gasteiger partial charge < -0.3 is 9.73 Å². The van der Waals surface area contributed by atoms with Crippen molar-refractivity contribution in [2.45, 2.75) is 18.6 Å². The van der Waals surface area contributed by atoms with Gasteiger partial charge in [-0.3, -0.25) is 0 Å². The summed E-state index contributed by atoms with van der Waals surface area (Å²) in [6, 6.07) is 5.14. The van der Waals surface area contributed by atoms with Crippen molar-refractivity contribution in [2.75, 3.05) is 20.6 Å². The molecule has 0 saturated heterocycles. The molecule has 0 amide bonds. The predicted molar refractivity (Wildman–Crippen MR) is 66.1 cm³/mol. The molecule has 1 rings (SSSR count). The van der Waals surface area contributed by atoms with E-state index in [9.17, 15) is 8.42 Å². The molecule has 1 N–H and O–H groups in total. The second-order valence-corrected chi connectivity index (χ2v) is 6.25. The van der Waals surface area contributed by atoms with Gasteiger partial charge in [-0.15, -0.1) is 0 Å². The lowest BCUT2D eigenvalue weighted by Crippen LogP contribution is -2.22. The zero-order chi connectivity index (χ0) is 13.8. The number of nitriles is 1. The quantitative estimate of drug-likeness (QED) is 0.826. The summed E-state index contributed by atoms with van der Waals surface area (Å²) in [5, 5.41) is 11.6. The van der Waals surface area contributed by atoms with E-state index in [2.05, 4.69) is 11.4 Å². The van der Waals surface area contributed by atoms with Crippen molar-refractivity contribution >= 4 is 10.0 Å². The van der Waals surface area contributed by atoms with Crippen LogP contribution in [0.4, 0.5) is 0 Å². The number of furan rings is 1. The maximum atomic E-state index is 11.7. The molecule has 0 bridgehead atoms. The van der Waals surface area contributed by atoms with Crippen molar-refractivity contribution in [2.24, 2.45) is 5.92 Å². The third-order valence-corrected chi connectivity index (χ3v) is 4.03. The molecular weight excluding hydrogens is 254 g/mol. The number of hydrogen-bond acceptors (Lipinski definition) is 5. The Morgan fingerprint density at radius 2 is 2.17 bits per heavy atom. The van der Waals surface area contributed by atoms with E-state index in [4.69, 9.17) is 9.68 Å². The molecule has 1 heterocycles. The maximum Gasteiger partial charge on any atom is 0.275 e. The number of nitrogens with one attached hydrogen (secondary N) is 1. The van der Waals surface area contributed by atoms with Gasteiger partial charge in [0.25, 0.3) is 10.0 Å². The average Bonchev–Trinajstić information content (AvgIpc) is 2.77.